The van der Waals surface area contributed by atoms with E-state index in [2.05, 4.69) is 17.6 Å². The van der Waals surface area contributed by atoms with E-state index >= 15 is 0 Å². The van der Waals surface area contributed by atoms with Gasteiger partial charge >= 0.3 is 0 Å². The van der Waals surface area contributed by atoms with Crippen LogP contribution in [0.4, 0.5) is 8.78 Å². The molecule has 39 heavy (non-hydrogen) atoms. The van der Waals surface area contributed by atoms with Crippen molar-refractivity contribution >= 4 is 11.6 Å². The van der Waals surface area contributed by atoms with Gasteiger partial charge in [0.2, 0.25) is 5.88 Å². The van der Waals surface area contributed by atoms with E-state index < -0.39 is 42.1 Å². The van der Waals surface area contributed by atoms with Crippen LogP contribution in [-0.2, 0) is 5.60 Å². The summed E-state index contributed by atoms with van der Waals surface area (Å²) in [6, 6.07) is 12.6. The van der Waals surface area contributed by atoms with Crippen LogP contribution in [0, 0.1) is 17.2 Å². The number of ether oxygens (including phenoxy) is 2. The SMILES string of the molecule is C=C(/C=C\C(C#N)=C/C)[C@@]12Oc3cc(Cl)nc(OC)c3[C@]1(O)[C@H](O)[C@H](CN(C)CC(F)F)[C@H]2c1ccccc1. The maximum absolute atomic E-state index is 13.3. The number of aliphatic hydroxyl groups is 2. The van der Waals surface area contributed by atoms with Gasteiger partial charge in [0.15, 0.2) is 11.2 Å². The molecule has 2 aliphatic rings. The second-order valence-corrected chi connectivity index (χ2v) is 10.1. The molecule has 1 fully saturated rings. The Kier molecular flexibility index (Phi) is 8.14. The van der Waals surface area contributed by atoms with Crippen LogP contribution in [0.25, 0.3) is 0 Å². The fourth-order valence-electron chi connectivity index (χ4n) is 5.99. The van der Waals surface area contributed by atoms with E-state index in [-0.39, 0.29) is 34.5 Å². The first kappa shape index (κ1) is 28.7. The summed E-state index contributed by atoms with van der Waals surface area (Å²) in [5, 5.41) is 34.1. The number of methoxy groups -OCH3 is 1. The molecule has 206 valence electrons. The first-order valence-electron chi connectivity index (χ1n) is 12.3. The smallest absolute Gasteiger partial charge is 0.251 e. The molecule has 1 aliphatic carbocycles. The average Bonchev–Trinajstić information content (AvgIpc) is 3.26. The molecule has 10 heteroatoms. The lowest BCUT2D eigenvalue weighted by Gasteiger charge is -2.41. The lowest BCUT2D eigenvalue weighted by molar-refractivity contribution is -0.131. The minimum absolute atomic E-state index is 0.00641. The number of nitrogens with zero attached hydrogens (tertiary/aromatic N) is 3. The maximum Gasteiger partial charge on any atom is 0.251 e. The molecule has 0 radical (unpaired) electrons. The quantitative estimate of drug-likeness (QED) is 0.264. The topological polar surface area (TPSA) is 98.8 Å². The van der Waals surface area contributed by atoms with Gasteiger partial charge in [-0.2, -0.15) is 5.26 Å². The highest BCUT2D eigenvalue weighted by atomic mass is 35.5. The summed E-state index contributed by atoms with van der Waals surface area (Å²) in [6.07, 6.45) is 0.599. The number of aromatic nitrogens is 1. The van der Waals surface area contributed by atoms with Crippen molar-refractivity contribution in [1.29, 1.82) is 5.26 Å². The number of halogens is 3. The van der Waals surface area contributed by atoms with Gasteiger partial charge in [0.05, 0.1) is 31.4 Å². The van der Waals surface area contributed by atoms with Gasteiger partial charge in [0.25, 0.3) is 6.43 Å². The van der Waals surface area contributed by atoms with Crippen LogP contribution in [0.3, 0.4) is 0 Å². The van der Waals surface area contributed by atoms with Crippen molar-refractivity contribution in [3.8, 4) is 17.7 Å². The Morgan fingerprint density at radius 1 is 1.36 bits per heavy atom. The minimum Gasteiger partial charge on any atom is -0.481 e. The van der Waals surface area contributed by atoms with Crippen molar-refractivity contribution in [2.75, 3.05) is 27.2 Å². The molecule has 0 spiro atoms. The number of benzene rings is 1. The van der Waals surface area contributed by atoms with Crippen molar-refractivity contribution in [3.05, 3.63) is 88.6 Å². The zero-order valence-corrected chi connectivity index (χ0v) is 22.6. The van der Waals surface area contributed by atoms with Gasteiger partial charge in [0, 0.05) is 30.0 Å². The lowest BCUT2D eigenvalue weighted by atomic mass is 9.70. The second-order valence-electron chi connectivity index (χ2n) is 9.76. The third kappa shape index (κ3) is 4.61. The normalized spacial score (nSPS) is 27.9. The number of aliphatic hydroxyl groups excluding tert-OH is 1. The van der Waals surface area contributed by atoms with Gasteiger partial charge in [-0.05, 0) is 31.2 Å². The molecule has 2 heterocycles. The highest BCUT2D eigenvalue weighted by molar-refractivity contribution is 6.29. The van der Waals surface area contributed by atoms with Crippen LogP contribution in [0.15, 0.2) is 72.4 Å². The summed E-state index contributed by atoms with van der Waals surface area (Å²) >= 11 is 6.24. The number of alkyl halides is 2. The number of fused-ring (bicyclic) bond motifs is 3. The predicted molar refractivity (Wildman–Crippen MR) is 143 cm³/mol. The Labute approximate surface area is 231 Å². The molecule has 0 amide bonds. The van der Waals surface area contributed by atoms with Gasteiger partial charge < -0.3 is 24.6 Å². The van der Waals surface area contributed by atoms with Gasteiger partial charge in [0.1, 0.15) is 10.9 Å². The number of nitriles is 1. The zero-order chi connectivity index (χ0) is 28.5. The molecular weight excluding hydrogens is 528 g/mol. The summed E-state index contributed by atoms with van der Waals surface area (Å²) in [5.74, 6) is -1.47. The summed E-state index contributed by atoms with van der Waals surface area (Å²) in [6.45, 7) is 5.43. The monoisotopic (exact) mass is 557 g/mol. The lowest BCUT2D eigenvalue weighted by Crippen LogP contribution is -2.55. The van der Waals surface area contributed by atoms with Gasteiger partial charge in [-0.25, -0.2) is 13.8 Å². The fraction of sp³-hybridized carbons (Fsp3) is 0.379. The molecule has 0 unspecified atom stereocenters. The van der Waals surface area contributed by atoms with Crippen molar-refractivity contribution in [2.24, 2.45) is 5.92 Å². The zero-order valence-electron chi connectivity index (χ0n) is 21.8. The largest absolute Gasteiger partial charge is 0.481 e. The predicted octanol–water partition coefficient (Wildman–Crippen LogP) is 4.62. The number of hydrogen-bond acceptors (Lipinski definition) is 7. The average molecular weight is 558 g/mol. The molecule has 4 rings (SSSR count). The third-order valence-electron chi connectivity index (χ3n) is 7.54. The van der Waals surface area contributed by atoms with E-state index in [0.29, 0.717) is 11.1 Å². The van der Waals surface area contributed by atoms with E-state index in [0.717, 1.165) is 0 Å². The molecule has 2 aromatic rings. The summed E-state index contributed by atoms with van der Waals surface area (Å²) in [5.41, 5.74) is -2.54. The van der Waals surface area contributed by atoms with E-state index in [1.54, 1.807) is 31.2 Å². The molecule has 0 saturated heterocycles. The minimum atomic E-state index is -2.59. The van der Waals surface area contributed by atoms with Gasteiger partial charge in [-0.3, -0.25) is 0 Å². The van der Waals surface area contributed by atoms with Crippen molar-refractivity contribution in [3.63, 3.8) is 0 Å². The van der Waals surface area contributed by atoms with Crippen LogP contribution in [0.1, 0.15) is 24.0 Å². The highest BCUT2D eigenvalue weighted by Gasteiger charge is 2.77. The first-order chi connectivity index (χ1) is 18.5. The number of allylic oxidation sites excluding steroid dienone is 3. The van der Waals surface area contributed by atoms with Crippen molar-refractivity contribution in [1.82, 2.24) is 9.88 Å². The van der Waals surface area contributed by atoms with Gasteiger partial charge in [-0.15, -0.1) is 0 Å². The molecule has 1 aromatic carbocycles. The molecule has 1 aliphatic heterocycles. The Morgan fingerprint density at radius 2 is 2.05 bits per heavy atom. The maximum atomic E-state index is 13.3. The number of pyridine rings is 1. The van der Waals surface area contributed by atoms with E-state index in [4.69, 9.17) is 21.1 Å². The van der Waals surface area contributed by atoms with Crippen LogP contribution in [0.5, 0.6) is 11.6 Å². The van der Waals surface area contributed by atoms with Gasteiger partial charge in [-0.1, -0.05) is 60.7 Å². The summed E-state index contributed by atoms with van der Waals surface area (Å²) in [7, 11) is 2.88. The molecule has 1 saturated carbocycles. The number of hydrogen-bond donors (Lipinski definition) is 2. The fourth-order valence-corrected chi connectivity index (χ4v) is 6.16. The Balaban J connectivity index is 2.01. The van der Waals surface area contributed by atoms with Crippen LogP contribution in [0.2, 0.25) is 5.15 Å². The third-order valence-corrected chi connectivity index (χ3v) is 7.74. The van der Waals surface area contributed by atoms with E-state index in [1.807, 2.05) is 18.2 Å². The van der Waals surface area contributed by atoms with Crippen LogP contribution >= 0.6 is 11.6 Å². The van der Waals surface area contributed by atoms with Crippen LogP contribution < -0.4 is 9.47 Å². The summed E-state index contributed by atoms with van der Waals surface area (Å²) < 4.78 is 38.7. The Morgan fingerprint density at radius 3 is 2.64 bits per heavy atom. The van der Waals surface area contributed by atoms with E-state index in [1.165, 1.54) is 31.2 Å². The molecule has 1 aromatic heterocycles. The molecule has 5 atom stereocenters. The second kappa shape index (κ2) is 11.1. The molecule has 0 bridgehead atoms. The summed E-state index contributed by atoms with van der Waals surface area (Å²) in [4.78, 5) is 5.61. The Bertz CT molecular complexity index is 1350. The van der Waals surface area contributed by atoms with E-state index in [9.17, 15) is 24.3 Å². The van der Waals surface area contributed by atoms with Crippen molar-refractivity contribution < 1.29 is 28.5 Å². The molecule has 2 N–H and O–H groups in total. The molecule has 7 nitrogen and oxygen atoms in total. The van der Waals surface area contributed by atoms with Crippen molar-refractivity contribution in [2.45, 2.75) is 36.6 Å². The first-order valence-corrected chi connectivity index (χ1v) is 12.7. The molecular formula is C29H30ClF2N3O4. The van der Waals surface area contributed by atoms with Crippen LogP contribution in [-0.4, -0.2) is 65.5 Å². The standard InChI is InChI=1S/C29H30ClF2N3O4/c1-5-18(14-33)12-11-17(2)29-24(19-9-7-6-8-10-19)20(15-35(3)16-23(31)32)26(36)28(29,37)25-21(39-29)13-22(30)34-27(25)38-4/h5-13,20,23-24,26,36-37H,2,15-16H2,1,3-4H3/b12-11-,18-5+/t20-,24-,26-,28+,29+/m1/s1. The highest BCUT2D eigenvalue weighted by Crippen LogP contribution is 2.68. The number of rotatable bonds is 9. The Hall–Kier alpha value is -3.29.